The van der Waals surface area contributed by atoms with Crippen molar-refractivity contribution >= 4 is 101 Å². The monoisotopic (exact) mass is 976 g/mol. The number of ether oxygens (including phenoxy) is 2. The molecule has 0 saturated carbocycles. The quantitative estimate of drug-likeness (QED) is 0.0798. The van der Waals surface area contributed by atoms with Crippen LogP contribution in [0.4, 0.5) is 21.0 Å². The van der Waals surface area contributed by atoms with Crippen LogP contribution in [0.15, 0.2) is 94.4 Å². The molecular formula is C39H37Br2Cl3N8O6. The molecule has 1 amide bonds. The molecule has 0 bridgehead atoms. The summed E-state index contributed by atoms with van der Waals surface area (Å²) in [4.78, 5) is 55.3. The second-order valence-corrected chi connectivity index (χ2v) is 14.4. The number of nitrogens with zero attached hydrogens (tertiary/aromatic N) is 6. The van der Waals surface area contributed by atoms with Crippen LogP contribution >= 0.6 is 66.7 Å². The molecule has 0 saturated heterocycles. The molecule has 0 fully saturated rings. The van der Waals surface area contributed by atoms with Crippen LogP contribution in [0.1, 0.15) is 50.7 Å². The number of methoxy groups -OCH3 is 2. The summed E-state index contributed by atoms with van der Waals surface area (Å²) >= 11 is 23.6. The Bertz CT molecular complexity index is 2400. The third-order valence-corrected chi connectivity index (χ3v) is 9.44. The van der Waals surface area contributed by atoms with Crippen molar-refractivity contribution in [2.24, 2.45) is 0 Å². The summed E-state index contributed by atoms with van der Waals surface area (Å²) in [5, 5.41) is 12.0. The number of hydrogen-bond donors (Lipinski definition) is 2. The minimum Gasteiger partial charge on any atom is -0.457 e. The molecule has 14 nitrogen and oxygen atoms in total. The molecule has 0 radical (unpaired) electrons. The van der Waals surface area contributed by atoms with Crippen molar-refractivity contribution in [1.29, 1.82) is 0 Å². The lowest BCUT2D eigenvalue weighted by atomic mass is 10.00. The first-order valence-corrected chi connectivity index (χ1v) is 19.2. The second-order valence-electron chi connectivity index (χ2n) is 11.6. The van der Waals surface area contributed by atoms with Crippen molar-refractivity contribution in [1.82, 2.24) is 29.5 Å². The molecule has 304 valence electrons. The number of nitrogens with two attached hydrogens (primary N) is 1. The van der Waals surface area contributed by atoms with E-state index < -0.39 is 11.5 Å². The first-order valence-electron chi connectivity index (χ1n) is 16.4. The smallest absolute Gasteiger partial charge is 0.411 e. The third-order valence-electron chi connectivity index (χ3n) is 7.92. The van der Waals surface area contributed by atoms with E-state index in [1.54, 1.807) is 67.0 Å². The maximum absolute atomic E-state index is 13.1. The van der Waals surface area contributed by atoms with Crippen LogP contribution < -0.4 is 11.1 Å². The molecule has 0 aliphatic heterocycles. The standard InChI is InChI=1S/C19H16BrClN4O3.C17H14BrClN4O.C2H3ClO2.CH4/c1-11-5-3-7-14(23-19(27)28-2)12(11)9-16(26)15-10-17(20)24-25(15)18-13(21)6-4-8-22-18;1-10-4-2-6-13(20)11(10)8-15(24)14-9-16(18)22-23(14)17-12(19)5-3-7-21-17;1-5-2(3)4;/h3-8,10H,9H2,1-2H3,(H,23,27);2-7,9H,8,20H2,1H3;1H3;1H4. The predicted molar refractivity (Wildman–Crippen MR) is 232 cm³/mol. The summed E-state index contributed by atoms with van der Waals surface area (Å²) in [6, 6.07) is 21.0. The summed E-state index contributed by atoms with van der Waals surface area (Å²) in [5.41, 5.74) is 10.4. The summed E-state index contributed by atoms with van der Waals surface area (Å²) in [5.74, 6) is 0.444. The molecule has 4 heterocycles. The molecule has 0 spiro atoms. The fourth-order valence-corrected chi connectivity index (χ4v) is 6.33. The van der Waals surface area contributed by atoms with Crippen LogP contribution in [0.2, 0.25) is 10.0 Å². The maximum Gasteiger partial charge on any atom is 0.411 e. The number of nitrogens with one attached hydrogen (secondary N) is 1. The number of aryl methyl sites for hydroxylation is 2. The zero-order valence-corrected chi connectivity index (χ0v) is 36.0. The molecule has 58 heavy (non-hydrogen) atoms. The Hall–Kier alpha value is -5.13. The maximum atomic E-state index is 13.1. The van der Waals surface area contributed by atoms with Gasteiger partial charge in [0.1, 0.15) is 20.6 Å². The number of halogens is 5. The van der Waals surface area contributed by atoms with Crippen LogP contribution in [0.5, 0.6) is 0 Å². The van der Waals surface area contributed by atoms with E-state index >= 15 is 0 Å². The number of ketones is 2. The van der Waals surface area contributed by atoms with Crippen LogP contribution in [0.25, 0.3) is 11.6 Å². The van der Waals surface area contributed by atoms with Crippen molar-refractivity contribution in [3.8, 4) is 11.6 Å². The number of aromatic nitrogens is 6. The van der Waals surface area contributed by atoms with Crippen LogP contribution in [-0.4, -0.2) is 66.8 Å². The van der Waals surface area contributed by atoms with Gasteiger partial charge in [0.2, 0.25) is 0 Å². The van der Waals surface area contributed by atoms with E-state index in [-0.39, 0.29) is 31.8 Å². The Kier molecular flexibility index (Phi) is 18.0. The second kappa shape index (κ2) is 22.1. The zero-order valence-electron chi connectivity index (χ0n) is 30.6. The van der Waals surface area contributed by atoms with E-state index in [9.17, 15) is 19.2 Å². The number of nitrogen functional groups attached to an aromatic ring is 1. The molecule has 0 aliphatic carbocycles. The normalized spacial score (nSPS) is 10.2. The highest BCUT2D eigenvalue weighted by atomic mass is 79.9. The van der Waals surface area contributed by atoms with Gasteiger partial charge >= 0.3 is 11.5 Å². The van der Waals surface area contributed by atoms with Crippen LogP contribution in [0, 0.1) is 13.8 Å². The van der Waals surface area contributed by atoms with E-state index in [2.05, 4.69) is 78.4 Å². The summed E-state index contributed by atoms with van der Waals surface area (Å²) in [6.07, 6.45) is 2.80. The topological polar surface area (TPSA) is 186 Å². The van der Waals surface area contributed by atoms with E-state index in [1.165, 1.54) is 23.6 Å². The first kappa shape index (κ1) is 47.2. The van der Waals surface area contributed by atoms with Crippen molar-refractivity contribution in [3.05, 3.63) is 138 Å². The summed E-state index contributed by atoms with van der Waals surface area (Å²) in [7, 11) is 2.50. The molecule has 6 rings (SSSR count). The molecule has 0 atom stereocenters. The minimum absolute atomic E-state index is 0. The number of carbonyl (C=O) groups is 4. The molecular weight excluding hydrogens is 943 g/mol. The molecule has 19 heteroatoms. The number of hydrogen-bond acceptors (Lipinski definition) is 11. The van der Waals surface area contributed by atoms with Gasteiger partial charge in [-0.1, -0.05) is 54.9 Å². The number of carbonyl (C=O) groups excluding carboxylic acids is 4. The number of Topliss-reactive ketones (excluding diaryl/α,β-unsaturated/α-hetero) is 2. The van der Waals surface area contributed by atoms with Gasteiger partial charge in [-0.05, 0) is 104 Å². The molecule has 6 aromatic rings. The zero-order chi connectivity index (χ0) is 41.8. The lowest BCUT2D eigenvalue weighted by Gasteiger charge is -2.13. The lowest BCUT2D eigenvalue weighted by molar-refractivity contribution is 0.0977. The lowest BCUT2D eigenvalue weighted by Crippen LogP contribution is -2.16. The number of rotatable bonds is 9. The highest BCUT2D eigenvalue weighted by Crippen LogP contribution is 2.27. The molecule has 2 aromatic carbocycles. The average Bonchev–Trinajstić information content (AvgIpc) is 3.77. The van der Waals surface area contributed by atoms with Crippen molar-refractivity contribution < 1.29 is 28.7 Å². The van der Waals surface area contributed by atoms with Gasteiger partial charge < -0.3 is 15.2 Å². The first-order chi connectivity index (χ1) is 27.1. The number of pyridine rings is 2. The number of benzene rings is 2. The van der Waals surface area contributed by atoms with Crippen LogP contribution in [-0.2, 0) is 22.3 Å². The Balaban J connectivity index is 0.000000276. The van der Waals surface area contributed by atoms with Crippen molar-refractivity contribution in [3.63, 3.8) is 0 Å². The number of amides is 1. The summed E-state index contributed by atoms with van der Waals surface area (Å²) < 4.78 is 12.4. The van der Waals surface area contributed by atoms with Gasteiger partial charge in [-0.2, -0.15) is 10.2 Å². The van der Waals surface area contributed by atoms with Gasteiger partial charge in [0.15, 0.2) is 23.2 Å². The Morgan fingerprint density at radius 3 is 1.60 bits per heavy atom. The van der Waals surface area contributed by atoms with E-state index in [1.807, 2.05) is 32.0 Å². The van der Waals surface area contributed by atoms with Crippen molar-refractivity contribution in [2.45, 2.75) is 34.1 Å². The minimum atomic E-state index is -0.773. The summed E-state index contributed by atoms with van der Waals surface area (Å²) in [6.45, 7) is 3.80. The predicted octanol–water partition coefficient (Wildman–Crippen LogP) is 10.2. The molecule has 0 aliphatic rings. The van der Waals surface area contributed by atoms with Gasteiger partial charge in [0, 0.05) is 60.3 Å². The fraction of sp³-hybridized carbons (Fsp3) is 0.179. The van der Waals surface area contributed by atoms with Gasteiger partial charge in [-0.25, -0.2) is 28.9 Å². The Morgan fingerprint density at radius 2 is 1.17 bits per heavy atom. The molecule has 0 unspecified atom stereocenters. The van der Waals surface area contributed by atoms with Crippen LogP contribution in [0.3, 0.4) is 0 Å². The van der Waals surface area contributed by atoms with Gasteiger partial charge in [0.05, 0.1) is 24.3 Å². The number of anilines is 2. The Morgan fingerprint density at radius 1 is 0.724 bits per heavy atom. The average molecular weight is 980 g/mol. The van der Waals surface area contributed by atoms with E-state index in [4.69, 9.17) is 28.9 Å². The fourth-order valence-electron chi connectivity index (χ4n) is 5.17. The molecule has 4 aromatic heterocycles. The van der Waals surface area contributed by atoms with E-state index in [0.29, 0.717) is 59.2 Å². The van der Waals surface area contributed by atoms with Gasteiger partial charge in [-0.15, -0.1) is 0 Å². The SMILES string of the molecule is C.COC(=O)Cl.COC(=O)Nc1cccc(C)c1CC(=O)c1cc(Br)nn1-c1ncccc1Cl.Cc1cccc(N)c1CC(=O)c1cc(Br)nn1-c1ncccc1Cl. The third kappa shape index (κ3) is 12.4. The van der Waals surface area contributed by atoms with Crippen molar-refractivity contribution in [2.75, 3.05) is 25.3 Å². The molecule has 3 N–H and O–H groups in total. The highest BCUT2D eigenvalue weighted by Gasteiger charge is 2.22. The van der Waals surface area contributed by atoms with Gasteiger partial charge in [0.25, 0.3) is 0 Å². The van der Waals surface area contributed by atoms with E-state index in [0.717, 1.165) is 16.7 Å². The highest BCUT2D eigenvalue weighted by molar-refractivity contribution is 9.10. The van der Waals surface area contributed by atoms with Gasteiger partial charge in [-0.3, -0.25) is 14.9 Å². The largest absolute Gasteiger partial charge is 0.457 e. The Labute approximate surface area is 366 Å².